The Kier molecular flexibility index (Phi) is 4.90. The van der Waals surface area contributed by atoms with Crippen LogP contribution in [0.1, 0.15) is 13.3 Å². The van der Waals surface area contributed by atoms with Gasteiger partial charge < -0.3 is 4.74 Å². The quantitative estimate of drug-likeness (QED) is 0.595. The van der Waals surface area contributed by atoms with Crippen molar-refractivity contribution in [3.05, 3.63) is 41.8 Å². The number of ether oxygens (including phenoxy) is 1. The summed E-state index contributed by atoms with van der Waals surface area (Å²) in [5.41, 5.74) is 0. The maximum Gasteiger partial charge on any atom is 0.302 e. The fraction of sp³-hybridized carbons (Fsp3) is 0.250. The van der Waals surface area contributed by atoms with Gasteiger partial charge in [-0.25, -0.2) is 8.42 Å². The van der Waals surface area contributed by atoms with Crippen molar-refractivity contribution in [1.29, 1.82) is 0 Å². The van der Waals surface area contributed by atoms with E-state index in [9.17, 15) is 13.2 Å². The summed E-state index contributed by atoms with van der Waals surface area (Å²) in [7, 11) is -3.38. The van der Waals surface area contributed by atoms with Gasteiger partial charge in [0.15, 0.2) is 9.84 Å². The van der Waals surface area contributed by atoms with Crippen LogP contribution in [0.4, 0.5) is 0 Å². The van der Waals surface area contributed by atoms with Crippen molar-refractivity contribution in [3.63, 3.8) is 0 Å². The van der Waals surface area contributed by atoms with Gasteiger partial charge in [0, 0.05) is 18.8 Å². The molecule has 4 nitrogen and oxygen atoms in total. The second-order valence-electron chi connectivity index (χ2n) is 3.36. The molecule has 0 aliphatic carbocycles. The third-order valence-corrected chi connectivity index (χ3v) is 3.42. The van der Waals surface area contributed by atoms with Crippen LogP contribution in [0.2, 0.25) is 0 Å². The number of benzene rings is 1. The van der Waals surface area contributed by atoms with E-state index in [1.54, 1.807) is 18.2 Å². The smallest absolute Gasteiger partial charge is 0.302 e. The molecule has 0 unspecified atom stereocenters. The lowest BCUT2D eigenvalue weighted by Crippen LogP contribution is -2.00. The average Bonchev–Trinajstić information content (AvgIpc) is 2.29. The predicted molar refractivity (Wildman–Crippen MR) is 64.0 cm³/mol. The van der Waals surface area contributed by atoms with Gasteiger partial charge in [0.05, 0.1) is 11.5 Å². The zero-order valence-corrected chi connectivity index (χ0v) is 10.3. The van der Waals surface area contributed by atoms with Crippen molar-refractivity contribution in [2.24, 2.45) is 0 Å². The molecule has 0 amide bonds. The molecule has 1 aromatic carbocycles. The van der Waals surface area contributed by atoms with Crippen molar-refractivity contribution >= 4 is 15.8 Å². The van der Waals surface area contributed by atoms with Gasteiger partial charge in [0.25, 0.3) is 0 Å². The Balaban J connectivity index is 2.56. The Morgan fingerprint density at radius 2 is 1.94 bits per heavy atom. The predicted octanol–water partition coefficient (Wildman–Crippen LogP) is 1.93. The van der Waals surface area contributed by atoms with Gasteiger partial charge in [-0.1, -0.05) is 24.3 Å². The summed E-state index contributed by atoms with van der Waals surface area (Å²) in [6, 6.07) is 8.15. The third kappa shape index (κ3) is 4.82. The number of hydrogen-bond donors (Lipinski definition) is 0. The second kappa shape index (κ2) is 6.20. The molecule has 0 aromatic heterocycles. The molecule has 0 N–H and O–H groups in total. The highest BCUT2D eigenvalue weighted by molar-refractivity contribution is 7.94. The summed E-state index contributed by atoms with van der Waals surface area (Å²) in [5.74, 6) is -0.371. The van der Waals surface area contributed by atoms with Crippen LogP contribution < -0.4 is 0 Å². The fourth-order valence-corrected chi connectivity index (χ4v) is 2.24. The number of sulfone groups is 1. The van der Waals surface area contributed by atoms with Gasteiger partial charge in [-0.05, 0) is 12.1 Å². The van der Waals surface area contributed by atoms with E-state index < -0.39 is 9.84 Å². The molecule has 1 aromatic rings. The normalized spacial score (nSPS) is 11.6. The van der Waals surface area contributed by atoms with Gasteiger partial charge in [-0.2, -0.15) is 0 Å². The van der Waals surface area contributed by atoms with E-state index >= 15 is 0 Å². The van der Waals surface area contributed by atoms with E-state index in [-0.39, 0.29) is 17.5 Å². The van der Waals surface area contributed by atoms with Crippen molar-refractivity contribution < 1.29 is 17.9 Å². The van der Waals surface area contributed by atoms with E-state index in [0.717, 1.165) is 5.41 Å². The zero-order chi connectivity index (χ0) is 12.7. The van der Waals surface area contributed by atoms with Crippen LogP contribution in [-0.2, 0) is 19.4 Å². The lowest BCUT2D eigenvalue weighted by Gasteiger charge is -1.99. The van der Waals surface area contributed by atoms with Crippen LogP contribution in [0.15, 0.2) is 46.7 Å². The first-order valence-electron chi connectivity index (χ1n) is 5.12. The first kappa shape index (κ1) is 13.4. The summed E-state index contributed by atoms with van der Waals surface area (Å²) >= 11 is 0. The lowest BCUT2D eigenvalue weighted by molar-refractivity contribution is -0.140. The molecule has 0 saturated carbocycles. The molecule has 0 saturated heterocycles. The topological polar surface area (TPSA) is 60.4 Å². The standard InChI is InChI=1S/C12H14O4S/c1-11(13)16-9-5-6-10-17(14,15)12-7-3-2-4-8-12/h2-4,6-8,10H,5,9H2,1H3. The molecule has 0 atom stereocenters. The Morgan fingerprint density at radius 3 is 2.53 bits per heavy atom. The SMILES string of the molecule is CC(=O)OCCC=CS(=O)(=O)c1ccccc1. The molecular formula is C12H14O4S. The summed E-state index contributed by atoms with van der Waals surface area (Å²) in [4.78, 5) is 10.7. The average molecular weight is 254 g/mol. The molecule has 0 fully saturated rings. The van der Waals surface area contributed by atoms with E-state index in [4.69, 9.17) is 0 Å². The summed E-state index contributed by atoms with van der Waals surface area (Å²) in [5, 5.41) is 1.13. The van der Waals surface area contributed by atoms with Crippen LogP contribution >= 0.6 is 0 Å². The Bertz CT molecular complexity index is 488. The minimum Gasteiger partial charge on any atom is -0.466 e. The van der Waals surface area contributed by atoms with E-state index in [1.165, 1.54) is 25.1 Å². The minimum atomic E-state index is -3.38. The highest BCUT2D eigenvalue weighted by Crippen LogP contribution is 2.11. The van der Waals surface area contributed by atoms with Crippen molar-refractivity contribution in [3.8, 4) is 0 Å². The maximum atomic E-state index is 11.7. The number of esters is 1. The molecule has 1 rings (SSSR count). The maximum absolute atomic E-state index is 11.7. The zero-order valence-electron chi connectivity index (χ0n) is 9.50. The molecule has 0 radical (unpaired) electrons. The van der Waals surface area contributed by atoms with Gasteiger partial charge in [-0.3, -0.25) is 4.79 Å². The van der Waals surface area contributed by atoms with Crippen molar-refractivity contribution in [2.45, 2.75) is 18.2 Å². The molecule has 17 heavy (non-hydrogen) atoms. The van der Waals surface area contributed by atoms with Crippen LogP contribution in [0.25, 0.3) is 0 Å². The Labute approximate surface area is 101 Å². The number of rotatable bonds is 5. The largest absolute Gasteiger partial charge is 0.466 e. The van der Waals surface area contributed by atoms with E-state index in [0.29, 0.717) is 6.42 Å². The minimum absolute atomic E-state index is 0.191. The fourth-order valence-electron chi connectivity index (χ4n) is 1.15. The molecular weight excluding hydrogens is 240 g/mol. The lowest BCUT2D eigenvalue weighted by atomic mass is 10.4. The van der Waals surface area contributed by atoms with Crippen LogP contribution in [0.5, 0.6) is 0 Å². The van der Waals surface area contributed by atoms with Crippen LogP contribution in [0.3, 0.4) is 0 Å². The molecule has 92 valence electrons. The third-order valence-electron chi connectivity index (χ3n) is 1.94. The molecule has 5 heteroatoms. The summed E-state index contributed by atoms with van der Waals surface area (Å²) < 4.78 is 28.1. The second-order valence-corrected chi connectivity index (χ2v) is 5.19. The summed E-state index contributed by atoms with van der Waals surface area (Å²) in [6.07, 6.45) is 1.86. The highest BCUT2D eigenvalue weighted by atomic mass is 32.2. The summed E-state index contributed by atoms with van der Waals surface area (Å²) in [6.45, 7) is 1.50. The van der Waals surface area contributed by atoms with Gasteiger partial charge >= 0.3 is 5.97 Å². The van der Waals surface area contributed by atoms with E-state index in [2.05, 4.69) is 4.74 Å². The van der Waals surface area contributed by atoms with Crippen molar-refractivity contribution in [1.82, 2.24) is 0 Å². The van der Waals surface area contributed by atoms with E-state index in [1.807, 2.05) is 0 Å². The van der Waals surface area contributed by atoms with Crippen molar-refractivity contribution in [2.75, 3.05) is 6.61 Å². The molecule has 0 aliphatic rings. The molecule has 0 spiro atoms. The molecule has 0 aliphatic heterocycles. The number of hydrogen-bond acceptors (Lipinski definition) is 4. The first-order chi connectivity index (χ1) is 8.02. The number of carbonyl (C=O) groups excluding carboxylic acids is 1. The molecule has 0 bridgehead atoms. The monoisotopic (exact) mass is 254 g/mol. The molecule has 0 heterocycles. The van der Waals surface area contributed by atoms with Gasteiger partial charge in [0.2, 0.25) is 0 Å². The van der Waals surface area contributed by atoms with Crippen LogP contribution in [0, 0.1) is 0 Å². The Hall–Kier alpha value is -1.62. The number of carbonyl (C=O) groups is 1. The van der Waals surface area contributed by atoms with Gasteiger partial charge in [0.1, 0.15) is 0 Å². The Morgan fingerprint density at radius 1 is 1.29 bits per heavy atom. The van der Waals surface area contributed by atoms with Crippen LogP contribution in [-0.4, -0.2) is 21.0 Å². The highest BCUT2D eigenvalue weighted by Gasteiger charge is 2.08. The van der Waals surface area contributed by atoms with Gasteiger partial charge in [-0.15, -0.1) is 0 Å². The first-order valence-corrected chi connectivity index (χ1v) is 6.67.